The van der Waals surface area contributed by atoms with Crippen LogP contribution in [0.4, 0.5) is 22.7 Å². The van der Waals surface area contributed by atoms with Crippen molar-refractivity contribution < 1.29 is 0 Å². The first-order valence-corrected chi connectivity index (χ1v) is 24.4. The van der Waals surface area contributed by atoms with Gasteiger partial charge in [0.2, 0.25) is 0 Å². The first kappa shape index (κ1) is 41.3. The third-order valence-corrected chi connectivity index (χ3v) is 14.6. The molecule has 4 nitrogen and oxygen atoms in total. The Kier molecular flexibility index (Phi) is 10.1. The highest BCUT2D eigenvalue weighted by Crippen LogP contribution is 2.51. The van der Waals surface area contributed by atoms with Crippen molar-refractivity contribution in [3.63, 3.8) is 0 Å². The molecule has 0 aliphatic heterocycles. The van der Waals surface area contributed by atoms with Crippen molar-refractivity contribution in [2.45, 2.75) is 24.2 Å². The van der Waals surface area contributed by atoms with E-state index in [4.69, 9.17) is 0 Å². The van der Waals surface area contributed by atoms with E-state index in [0.29, 0.717) is 12.8 Å². The Balaban J connectivity index is 1.14. The minimum atomic E-state index is -0.720. The highest BCUT2D eigenvalue weighted by atomic mass is 15.4. The second-order valence-corrected chi connectivity index (χ2v) is 18.5. The molecule has 0 radical (unpaired) electrons. The molecule has 70 heavy (non-hydrogen) atoms. The van der Waals surface area contributed by atoms with Gasteiger partial charge in [-0.25, -0.2) is 0 Å². The number of hydrogen-bond acceptors (Lipinski definition) is 2. The van der Waals surface area contributed by atoms with Crippen molar-refractivity contribution in [2.75, 3.05) is 9.80 Å². The summed E-state index contributed by atoms with van der Waals surface area (Å²) < 4.78 is 5.30. The molecular weight excluding hydrogens is 849 g/mol. The Labute approximate surface area is 408 Å². The van der Waals surface area contributed by atoms with Crippen LogP contribution in [0.25, 0.3) is 54.8 Å². The van der Waals surface area contributed by atoms with Gasteiger partial charge in [-0.2, -0.15) is 0 Å². The van der Waals surface area contributed by atoms with Gasteiger partial charge in [-0.15, -0.1) is 0 Å². The summed E-state index contributed by atoms with van der Waals surface area (Å²) in [7, 11) is 0. The normalized spacial score (nSPS) is 17.8. The molecule has 0 spiro atoms. The SMILES string of the molecule is C1=CC(N(c2ccccc2)c2ccccc2)(n2c3ccccc3c3cc4c5ccccc5n(C5(N(c6ccccc6)c6ccccc6)C=CC(c6ccccc6)=CC5)c4cc32)CC=C1c1ccccc1. The van der Waals surface area contributed by atoms with Crippen LogP contribution in [0.15, 0.2) is 279 Å². The zero-order chi connectivity index (χ0) is 46.5. The van der Waals surface area contributed by atoms with Gasteiger partial charge >= 0.3 is 0 Å². The van der Waals surface area contributed by atoms with E-state index < -0.39 is 11.3 Å². The van der Waals surface area contributed by atoms with E-state index in [1.807, 2.05) is 0 Å². The smallest absolute Gasteiger partial charge is 0.145 e. The summed E-state index contributed by atoms with van der Waals surface area (Å²) >= 11 is 0. The summed E-state index contributed by atoms with van der Waals surface area (Å²) in [5, 5.41) is 4.89. The second-order valence-electron chi connectivity index (χ2n) is 18.5. The predicted molar refractivity (Wildman–Crippen MR) is 295 cm³/mol. The van der Waals surface area contributed by atoms with E-state index in [0.717, 1.165) is 33.8 Å². The molecule has 2 heterocycles. The number of fused-ring (bicyclic) bond motifs is 6. The van der Waals surface area contributed by atoms with Gasteiger partial charge in [-0.05, 0) is 107 Å². The van der Waals surface area contributed by atoms with E-state index in [9.17, 15) is 0 Å². The van der Waals surface area contributed by atoms with Crippen LogP contribution in [0.3, 0.4) is 0 Å². The van der Waals surface area contributed by atoms with Crippen LogP contribution in [0, 0.1) is 0 Å². The van der Waals surface area contributed by atoms with E-state index in [1.54, 1.807) is 0 Å². The molecule has 0 amide bonds. The van der Waals surface area contributed by atoms with Gasteiger partial charge in [-0.3, -0.25) is 0 Å². The van der Waals surface area contributed by atoms with Crippen LogP contribution in [0.2, 0.25) is 0 Å². The Morgan fingerprint density at radius 3 is 0.943 bits per heavy atom. The third kappa shape index (κ3) is 6.67. The number of para-hydroxylation sites is 6. The number of anilines is 4. The van der Waals surface area contributed by atoms with E-state index in [1.165, 1.54) is 54.9 Å². The van der Waals surface area contributed by atoms with Crippen LogP contribution in [0.1, 0.15) is 24.0 Å². The maximum atomic E-state index is 2.65. The molecule has 9 aromatic carbocycles. The second kappa shape index (κ2) is 17.0. The standard InChI is InChI=1S/C66H50N4/c1-7-23-49(24-8-1)51-39-43-65(44-40-51,67(53-27-11-3-12-28-53)54-29-13-4-14-30-54)69-61-37-21-19-35-57(61)59-47-60-58-36-20-22-38-62(58)70(64(60)48-63(59)69)66(45-41-52(42-46-66)50-25-9-2-10-26-50)68(55-31-15-5-16-32-55)56-33-17-6-18-34-56/h1-43,45,47-48H,44,46H2. The molecular formula is C66H50N4. The van der Waals surface area contributed by atoms with Crippen molar-refractivity contribution in [3.8, 4) is 0 Å². The molecule has 0 saturated carbocycles. The molecule has 2 unspecified atom stereocenters. The highest BCUT2D eigenvalue weighted by molar-refractivity contribution is 6.18. The predicted octanol–water partition coefficient (Wildman–Crippen LogP) is 17.0. The van der Waals surface area contributed by atoms with Crippen LogP contribution >= 0.6 is 0 Å². The fraction of sp³-hybridized carbons (Fsp3) is 0.0606. The molecule has 2 aromatic heterocycles. The van der Waals surface area contributed by atoms with Crippen LogP contribution < -0.4 is 9.80 Å². The first-order valence-electron chi connectivity index (χ1n) is 24.4. The molecule has 11 aromatic rings. The lowest BCUT2D eigenvalue weighted by Crippen LogP contribution is -2.48. The summed E-state index contributed by atoms with van der Waals surface area (Å²) in [5.74, 6) is 0. The van der Waals surface area contributed by atoms with Gasteiger partial charge in [0.1, 0.15) is 11.3 Å². The lowest BCUT2D eigenvalue weighted by molar-refractivity contribution is 0.400. The fourth-order valence-electron chi connectivity index (χ4n) is 11.6. The van der Waals surface area contributed by atoms with E-state index in [-0.39, 0.29) is 0 Å². The van der Waals surface area contributed by atoms with Crippen LogP contribution in [-0.4, -0.2) is 9.13 Å². The van der Waals surface area contributed by atoms with Crippen molar-refractivity contribution in [3.05, 3.63) is 290 Å². The quantitative estimate of drug-likeness (QED) is 0.136. The number of hydrogen-bond donors (Lipinski definition) is 0. The summed E-state index contributed by atoms with van der Waals surface area (Å²) in [6, 6.07) is 88.3. The summed E-state index contributed by atoms with van der Waals surface area (Å²) in [4.78, 5) is 5.11. The number of rotatable bonds is 10. The van der Waals surface area contributed by atoms with Gasteiger partial charge in [-0.1, -0.05) is 194 Å². The fourth-order valence-corrected chi connectivity index (χ4v) is 11.6. The number of benzene rings is 9. The van der Waals surface area contributed by atoms with Crippen molar-refractivity contribution in [1.82, 2.24) is 9.13 Å². The third-order valence-electron chi connectivity index (χ3n) is 14.6. The van der Waals surface area contributed by atoms with E-state index in [2.05, 4.69) is 298 Å². The molecule has 0 N–H and O–H groups in total. The maximum absolute atomic E-state index is 2.65. The lowest BCUT2D eigenvalue weighted by Gasteiger charge is -2.47. The van der Waals surface area contributed by atoms with Crippen LogP contribution in [-0.2, 0) is 11.3 Å². The summed E-state index contributed by atoms with van der Waals surface area (Å²) in [6.45, 7) is 0. The first-order chi connectivity index (χ1) is 34.7. The van der Waals surface area contributed by atoms with Crippen molar-refractivity contribution in [1.29, 1.82) is 0 Å². The minimum absolute atomic E-state index is 0.710. The topological polar surface area (TPSA) is 16.3 Å². The Morgan fingerprint density at radius 2 is 0.614 bits per heavy atom. The molecule has 2 atom stereocenters. The molecule has 2 aliphatic rings. The highest BCUT2D eigenvalue weighted by Gasteiger charge is 2.43. The Morgan fingerprint density at radius 1 is 0.300 bits per heavy atom. The largest absolute Gasteiger partial charge is 0.314 e. The molecule has 0 saturated heterocycles. The Hall–Kier alpha value is -8.86. The zero-order valence-electron chi connectivity index (χ0n) is 38.8. The summed E-state index contributed by atoms with van der Waals surface area (Å²) in [6.07, 6.45) is 15.9. The molecule has 0 fully saturated rings. The molecule has 334 valence electrons. The van der Waals surface area contributed by atoms with Gasteiger partial charge in [0, 0.05) is 57.1 Å². The van der Waals surface area contributed by atoms with Gasteiger partial charge in [0.05, 0.1) is 22.1 Å². The van der Waals surface area contributed by atoms with Gasteiger partial charge in [0.15, 0.2) is 0 Å². The maximum Gasteiger partial charge on any atom is 0.145 e. The average molecular weight is 899 g/mol. The Bertz CT molecular complexity index is 3480. The van der Waals surface area contributed by atoms with Crippen LogP contribution in [0.5, 0.6) is 0 Å². The minimum Gasteiger partial charge on any atom is -0.314 e. The average Bonchev–Trinajstić information content (AvgIpc) is 3.95. The molecule has 0 bridgehead atoms. The van der Waals surface area contributed by atoms with E-state index >= 15 is 0 Å². The number of nitrogens with zero attached hydrogens (tertiary/aromatic N) is 4. The molecule has 4 heteroatoms. The molecule has 13 rings (SSSR count). The number of aromatic nitrogens is 2. The number of allylic oxidation sites excluding steroid dienone is 4. The van der Waals surface area contributed by atoms with Crippen molar-refractivity contribution in [2.24, 2.45) is 0 Å². The van der Waals surface area contributed by atoms with Crippen molar-refractivity contribution >= 4 is 77.5 Å². The zero-order valence-corrected chi connectivity index (χ0v) is 38.8. The van der Waals surface area contributed by atoms with Gasteiger partial charge in [0.25, 0.3) is 0 Å². The van der Waals surface area contributed by atoms with Gasteiger partial charge < -0.3 is 18.9 Å². The lowest BCUT2D eigenvalue weighted by atomic mass is 9.89. The monoisotopic (exact) mass is 898 g/mol. The molecule has 2 aliphatic carbocycles. The summed E-state index contributed by atoms with van der Waals surface area (Å²) in [5.41, 5.74) is 12.6.